The number of hydrogen-bond donors (Lipinski definition) is 3. The molecule has 0 aliphatic carbocycles. The van der Waals surface area contributed by atoms with Gasteiger partial charge in [0.05, 0.1) is 5.56 Å². The molecule has 0 spiro atoms. The first-order chi connectivity index (χ1) is 17.7. The number of amides is 2. The molecule has 0 saturated heterocycles. The van der Waals surface area contributed by atoms with E-state index in [-0.39, 0.29) is 17.4 Å². The van der Waals surface area contributed by atoms with Crippen LogP contribution in [0.2, 0.25) is 0 Å². The van der Waals surface area contributed by atoms with Crippen LogP contribution in [0.3, 0.4) is 0 Å². The fraction of sp³-hybridized carbons (Fsp3) is 0.233. The molecule has 0 bridgehead atoms. The van der Waals surface area contributed by atoms with E-state index in [0.717, 1.165) is 27.8 Å². The minimum absolute atomic E-state index is 0.217. The van der Waals surface area contributed by atoms with Gasteiger partial charge in [-0.15, -0.1) is 0 Å². The number of carbonyl (C=O) groups excluding carboxylic acids is 2. The van der Waals surface area contributed by atoms with Crippen molar-refractivity contribution >= 4 is 28.7 Å². The van der Waals surface area contributed by atoms with Crippen molar-refractivity contribution in [3.8, 4) is 0 Å². The Bertz CT molecular complexity index is 1420. The van der Waals surface area contributed by atoms with Crippen molar-refractivity contribution in [2.75, 3.05) is 13.6 Å². The molecular weight excluding hydrogens is 466 g/mol. The van der Waals surface area contributed by atoms with Crippen molar-refractivity contribution < 1.29 is 19.5 Å². The van der Waals surface area contributed by atoms with Crippen LogP contribution in [0, 0.1) is 13.8 Å². The molecule has 0 aliphatic heterocycles. The second-order valence-corrected chi connectivity index (χ2v) is 9.39. The van der Waals surface area contributed by atoms with Crippen LogP contribution in [0.25, 0.3) is 10.9 Å². The Morgan fingerprint density at radius 3 is 2.35 bits per heavy atom. The molecule has 190 valence electrons. The summed E-state index contributed by atoms with van der Waals surface area (Å²) in [5.74, 6) is -1.47. The van der Waals surface area contributed by atoms with Crippen molar-refractivity contribution in [1.82, 2.24) is 15.2 Å². The molecule has 1 atom stereocenters. The number of aromatic amines is 1. The maximum absolute atomic E-state index is 13.4. The van der Waals surface area contributed by atoms with Gasteiger partial charge in [0.1, 0.15) is 6.04 Å². The third-order valence-electron chi connectivity index (χ3n) is 6.54. The molecule has 1 heterocycles. The number of H-pyrrole nitrogens is 1. The number of carboxylic acid groups (broad SMARTS) is 1. The van der Waals surface area contributed by atoms with Crippen molar-refractivity contribution in [1.29, 1.82) is 0 Å². The molecule has 0 saturated carbocycles. The van der Waals surface area contributed by atoms with Crippen LogP contribution in [0.5, 0.6) is 0 Å². The number of hydrogen-bond acceptors (Lipinski definition) is 3. The Balaban J connectivity index is 1.52. The van der Waals surface area contributed by atoms with Crippen molar-refractivity contribution in [2.45, 2.75) is 32.7 Å². The summed E-state index contributed by atoms with van der Waals surface area (Å²) in [7, 11) is 1.66. The Hall–Kier alpha value is -4.39. The Kier molecular flexibility index (Phi) is 7.72. The summed E-state index contributed by atoms with van der Waals surface area (Å²) in [4.78, 5) is 43.1. The molecule has 0 radical (unpaired) electrons. The lowest BCUT2D eigenvalue weighted by molar-refractivity contribution is -0.125. The van der Waals surface area contributed by atoms with Gasteiger partial charge in [-0.05, 0) is 55.7 Å². The van der Waals surface area contributed by atoms with E-state index < -0.39 is 12.0 Å². The molecule has 7 nitrogen and oxygen atoms in total. The first-order valence-electron chi connectivity index (χ1n) is 12.2. The van der Waals surface area contributed by atoms with Gasteiger partial charge in [0.25, 0.3) is 5.91 Å². The lowest BCUT2D eigenvalue weighted by Crippen LogP contribution is -2.49. The van der Waals surface area contributed by atoms with E-state index in [1.165, 1.54) is 4.90 Å². The number of carboxylic acids is 1. The van der Waals surface area contributed by atoms with Crippen molar-refractivity contribution in [2.24, 2.45) is 0 Å². The van der Waals surface area contributed by atoms with E-state index in [4.69, 9.17) is 0 Å². The van der Waals surface area contributed by atoms with Crippen molar-refractivity contribution in [3.63, 3.8) is 0 Å². The lowest BCUT2D eigenvalue weighted by Gasteiger charge is -2.28. The first kappa shape index (κ1) is 25.7. The molecule has 1 aromatic heterocycles. The molecule has 0 aliphatic rings. The van der Waals surface area contributed by atoms with Gasteiger partial charge < -0.3 is 20.3 Å². The summed E-state index contributed by atoms with van der Waals surface area (Å²) in [5, 5.41) is 13.2. The van der Waals surface area contributed by atoms with Crippen LogP contribution < -0.4 is 5.32 Å². The molecule has 0 fully saturated rings. The minimum atomic E-state index is -0.995. The van der Waals surface area contributed by atoms with Crippen LogP contribution in [0.1, 0.15) is 43.0 Å². The van der Waals surface area contributed by atoms with E-state index >= 15 is 0 Å². The fourth-order valence-corrected chi connectivity index (χ4v) is 4.76. The fourth-order valence-electron chi connectivity index (χ4n) is 4.76. The predicted molar refractivity (Wildman–Crippen MR) is 144 cm³/mol. The van der Waals surface area contributed by atoms with Gasteiger partial charge in [-0.25, -0.2) is 4.79 Å². The standard InChI is InChI=1S/C30H31N3O4/c1-19-14-20(2)16-23(15-19)29(35)33(3)26(17-21-8-5-4-6-9-21)28(34)31-13-12-22-18-32-25-11-7-10-24(27(22)25)30(36)37/h4-11,14-16,18,26,32H,12-13,17H2,1-3H3,(H,31,34)(H,36,37)/t26-/m0/s1. The van der Waals surface area contributed by atoms with Crippen LogP contribution in [0.4, 0.5) is 0 Å². The number of aryl methyl sites for hydroxylation is 2. The van der Waals surface area contributed by atoms with Gasteiger partial charge in [0.15, 0.2) is 0 Å². The predicted octanol–water partition coefficient (Wildman–Crippen LogP) is 4.53. The lowest BCUT2D eigenvalue weighted by atomic mass is 10.0. The molecule has 4 rings (SSSR count). The highest BCUT2D eigenvalue weighted by Gasteiger charge is 2.28. The Labute approximate surface area is 216 Å². The van der Waals surface area contributed by atoms with Crippen LogP contribution in [-0.2, 0) is 17.6 Å². The number of aromatic carboxylic acids is 1. The smallest absolute Gasteiger partial charge is 0.336 e. The number of carbonyl (C=O) groups is 3. The quantitative estimate of drug-likeness (QED) is 0.316. The number of benzene rings is 3. The molecule has 0 unspecified atom stereocenters. The number of rotatable bonds is 9. The number of aromatic nitrogens is 1. The van der Waals surface area contributed by atoms with E-state index in [1.54, 1.807) is 25.4 Å². The summed E-state index contributed by atoms with van der Waals surface area (Å²) in [6.07, 6.45) is 2.60. The SMILES string of the molecule is Cc1cc(C)cc(C(=O)N(C)[C@@H](Cc2ccccc2)C(=O)NCCc2c[nH]c3cccc(C(=O)O)c23)c1. The summed E-state index contributed by atoms with van der Waals surface area (Å²) >= 11 is 0. The van der Waals surface area contributed by atoms with Gasteiger partial charge in [-0.1, -0.05) is 53.6 Å². The summed E-state index contributed by atoms with van der Waals surface area (Å²) in [6.45, 7) is 4.19. The Morgan fingerprint density at radius 2 is 1.68 bits per heavy atom. The highest BCUT2D eigenvalue weighted by molar-refractivity contribution is 6.04. The van der Waals surface area contributed by atoms with Crippen molar-refractivity contribution in [3.05, 3.63) is 106 Å². The number of fused-ring (bicyclic) bond motifs is 1. The number of likely N-dealkylation sites (N-methyl/N-ethyl adjacent to an activating group) is 1. The maximum Gasteiger partial charge on any atom is 0.336 e. The number of nitrogens with zero attached hydrogens (tertiary/aromatic N) is 1. The van der Waals surface area contributed by atoms with E-state index in [2.05, 4.69) is 10.3 Å². The van der Waals surface area contributed by atoms with Crippen LogP contribution in [0.15, 0.2) is 72.9 Å². The minimum Gasteiger partial charge on any atom is -0.478 e. The van der Waals surface area contributed by atoms with E-state index in [0.29, 0.717) is 30.3 Å². The average molecular weight is 498 g/mol. The highest BCUT2D eigenvalue weighted by atomic mass is 16.4. The largest absolute Gasteiger partial charge is 0.478 e. The van der Waals surface area contributed by atoms with Gasteiger partial charge in [-0.2, -0.15) is 0 Å². The monoisotopic (exact) mass is 497 g/mol. The molecule has 7 heteroatoms. The van der Waals surface area contributed by atoms with E-state index in [9.17, 15) is 19.5 Å². The maximum atomic E-state index is 13.4. The summed E-state index contributed by atoms with van der Waals surface area (Å²) in [6, 6.07) is 19.7. The highest BCUT2D eigenvalue weighted by Crippen LogP contribution is 2.23. The topological polar surface area (TPSA) is 103 Å². The average Bonchev–Trinajstić information content (AvgIpc) is 3.29. The first-order valence-corrected chi connectivity index (χ1v) is 12.2. The van der Waals surface area contributed by atoms with Gasteiger partial charge in [0.2, 0.25) is 5.91 Å². The van der Waals surface area contributed by atoms with Gasteiger partial charge in [0, 0.05) is 42.7 Å². The molecular formula is C30H31N3O4. The normalized spacial score (nSPS) is 11.8. The third-order valence-corrected chi connectivity index (χ3v) is 6.54. The summed E-state index contributed by atoms with van der Waals surface area (Å²) < 4.78 is 0. The second kappa shape index (κ2) is 11.1. The number of nitrogens with one attached hydrogen (secondary N) is 2. The third kappa shape index (κ3) is 5.89. The second-order valence-electron chi connectivity index (χ2n) is 9.39. The molecule has 3 N–H and O–H groups in total. The zero-order valence-electron chi connectivity index (χ0n) is 21.2. The molecule has 37 heavy (non-hydrogen) atoms. The zero-order chi connectivity index (χ0) is 26.5. The zero-order valence-corrected chi connectivity index (χ0v) is 21.2. The van der Waals surface area contributed by atoms with Crippen LogP contribution >= 0.6 is 0 Å². The van der Waals surface area contributed by atoms with Gasteiger partial charge in [-0.3, -0.25) is 9.59 Å². The molecule has 4 aromatic rings. The van der Waals surface area contributed by atoms with Crippen LogP contribution in [-0.4, -0.2) is 52.4 Å². The Morgan fingerprint density at radius 1 is 0.973 bits per heavy atom. The molecule has 2 amide bonds. The van der Waals surface area contributed by atoms with E-state index in [1.807, 2.05) is 68.4 Å². The summed E-state index contributed by atoms with van der Waals surface area (Å²) in [5.41, 5.74) is 5.24. The van der Waals surface area contributed by atoms with Gasteiger partial charge >= 0.3 is 5.97 Å². The molecule has 3 aromatic carbocycles.